The Morgan fingerprint density at radius 3 is 2.12 bits per heavy atom. The monoisotopic (exact) mass is 332 g/mol. The van der Waals surface area contributed by atoms with Crippen molar-refractivity contribution >= 4 is 5.97 Å². The van der Waals surface area contributed by atoms with E-state index >= 15 is 0 Å². The van der Waals surface area contributed by atoms with Crippen LogP contribution in [0.2, 0.25) is 0 Å². The van der Waals surface area contributed by atoms with Gasteiger partial charge in [-0.25, -0.2) is 14.4 Å². The molecule has 3 aromatic rings. The summed E-state index contributed by atoms with van der Waals surface area (Å²) >= 11 is 0. The molecule has 0 spiro atoms. The van der Waals surface area contributed by atoms with Crippen molar-refractivity contribution in [3.63, 3.8) is 0 Å². The summed E-state index contributed by atoms with van der Waals surface area (Å²) < 4.78 is 18.4. The topological polar surface area (TPSA) is 75.1 Å². The summed E-state index contributed by atoms with van der Waals surface area (Å²) in [7, 11) is 0. The third kappa shape index (κ3) is 4.38. The van der Waals surface area contributed by atoms with Crippen LogP contribution in [0.5, 0.6) is 11.5 Å². The Labute approximate surface area is 159 Å². The van der Waals surface area contributed by atoms with Crippen molar-refractivity contribution in [2.75, 3.05) is 0 Å². The number of halogens is 1. The van der Waals surface area contributed by atoms with Gasteiger partial charge in [0.05, 0.1) is 5.69 Å². The molecule has 0 bridgehead atoms. The van der Waals surface area contributed by atoms with E-state index in [0.29, 0.717) is 22.8 Å². The minimum Gasteiger partial charge on any atom is -0.542 e. The Morgan fingerprint density at radius 2 is 1.54 bits per heavy atom. The summed E-state index contributed by atoms with van der Waals surface area (Å²) in [6, 6.07) is 14.2. The Kier molecular flexibility index (Phi) is 6.03. The molecule has 5 nitrogen and oxygen atoms in total. The van der Waals surface area contributed by atoms with E-state index in [2.05, 4.69) is 9.97 Å². The Bertz CT molecular complexity index is 839. The fourth-order valence-electron chi connectivity index (χ4n) is 1.95. The van der Waals surface area contributed by atoms with Gasteiger partial charge in [0.2, 0.25) is 0 Å². The number of carboxylic acids is 1. The van der Waals surface area contributed by atoms with Gasteiger partial charge in [-0.05, 0) is 54.6 Å². The number of hydrogen-bond acceptors (Lipinski definition) is 5. The van der Waals surface area contributed by atoms with Gasteiger partial charge in [0.1, 0.15) is 23.3 Å². The Hall–Kier alpha value is -2.28. The number of ether oxygens (including phenoxy) is 1. The van der Waals surface area contributed by atoms with Crippen molar-refractivity contribution in [1.82, 2.24) is 9.97 Å². The van der Waals surface area contributed by atoms with Crippen LogP contribution in [-0.2, 0) is 0 Å². The van der Waals surface area contributed by atoms with Crippen LogP contribution in [0.15, 0.2) is 60.8 Å². The second kappa shape index (κ2) is 8.01. The molecule has 0 saturated carbocycles. The van der Waals surface area contributed by atoms with Crippen LogP contribution in [0, 0.1) is 5.82 Å². The third-order valence-corrected chi connectivity index (χ3v) is 3.04. The fourth-order valence-corrected chi connectivity index (χ4v) is 1.95. The predicted octanol–water partition coefficient (Wildman–Crippen LogP) is -0.558. The van der Waals surface area contributed by atoms with E-state index in [1.807, 2.05) is 0 Å². The molecule has 0 N–H and O–H groups in total. The zero-order chi connectivity index (χ0) is 16.2. The van der Waals surface area contributed by atoms with Gasteiger partial charge in [-0.3, -0.25) is 0 Å². The van der Waals surface area contributed by atoms with Crippen molar-refractivity contribution in [3.8, 4) is 22.8 Å². The van der Waals surface area contributed by atoms with Crippen LogP contribution in [0.25, 0.3) is 11.3 Å². The number of carbonyl (C=O) groups excluding carboxylic acids is 1. The van der Waals surface area contributed by atoms with Gasteiger partial charge in [-0.1, -0.05) is 0 Å². The average Bonchev–Trinajstić information content (AvgIpc) is 2.58. The second-order valence-electron chi connectivity index (χ2n) is 4.63. The molecule has 0 fully saturated rings. The first-order chi connectivity index (χ1) is 11.1. The van der Waals surface area contributed by atoms with Crippen LogP contribution >= 0.6 is 0 Å². The van der Waals surface area contributed by atoms with Crippen LogP contribution in [-0.4, -0.2) is 15.9 Å². The number of nitrogens with zero attached hydrogens (tertiary/aromatic N) is 2. The zero-order valence-corrected chi connectivity index (χ0v) is 14.8. The molecular weight excluding hydrogens is 322 g/mol. The standard InChI is InChI=1S/C17H11FN2O3.Na/c18-12-3-7-14(8-4-12)23-13-5-1-11(2-6-13)15-9-10-19-16(20-15)17(21)22;/h1-10H,(H,21,22);/q;+1/p-1. The summed E-state index contributed by atoms with van der Waals surface area (Å²) in [5.41, 5.74) is 1.17. The SMILES string of the molecule is O=C([O-])c1nccc(-c2ccc(Oc3ccc(F)cc3)cc2)n1.[Na+]. The van der Waals surface area contributed by atoms with Crippen molar-refractivity contribution < 1.29 is 48.6 Å². The maximum Gasteiger partial charge on any atom is 1.00 e. The fraction of sp³-hybridized carbons (Fsp3) is 0. The Balaban J connectivity index is 0.00000208. The van der Waals surface area contributed by atoms with E-state index < -0.39 is 5.97 Å². The van der Waals surface area contributed by atoms with Crippen LogP contribution in [0.3, 0.4) is 0 Å². The molecule has 7 heteroatoms. The van der Waals surface area contributed by atoms with E-state index in [4.69, 9.17) is 4.74 Å². The molecular formula is C17H10FN2NaO3. The minimum absolute atomic E-state index is 0. The van der Waals surface area contributed by atoms with Crippen molar-refractivity contribution in [2.24, 2.45) is 0 Å². The molecule has 0 aliphatic carbocycles. The van der Waals surface area contributed by atoms with Crippen LogP contribution in [0.1, 0.15) is 10.6 Å². The van der Waals surface area contributed by atoms with Gasteiger partial charge in [0.15, 0.2) is 5.82 Å². The number of carbonyl (C=O) groups is 1. The summed E-state index contributed by atoms with van der Waals surface area (Å²) in [6.45, 7) is 0. The molecule has 0 unspecified atom stereocenters. The van der Waals surface area contributed by atoms with E-state index in [1.165, 1.54) is 30.5 Å². The zero-order valence-electron chi connectivity index (χ0n) is 12.8. The first kappa shape index (κ1) is 18.1. The van der Waals surface area contributed by atoms with Gasteiger partial charge in [-0.15, -0.1) is 0 Å². The molecule has 3 rings (SSSR count). The maximum absolute atomic E-state index is 12.8. The molecule has 24 heavy (non-hydrogen) atoms. The number of aromatic nitrogens is 2. The molecule has 0 saturated heterocycles. The molecule has 2 aromatic carbocycles. The number of benzene rings is 2. The summed E-state index contributed by atoms with van der Waals surface area (Å²) in [5, 5.41) is 10.8. The quantitative estimate of drug-likeness (QED) is 0.599. The summed E-state index contributed by atoms with van der Waals surface area (Å²) in [4.78, 5) is 18.3. The molecule has 0 aliphatic heterocycles. The first-order valence-corrected chi connectivity index (χ1v) is 6.70. The minimum atomic E-state index is -1.43. The molecule has 0 radical (unpaired) electrons. The molecule has 1 aromatic heterocycles. The third-order valence-electron chi connectivity index (χ3n) is 3.04. The van der Waals surface area contributed by atoms with Crippen LogP contribution in [0.4, 0.5) is 4.39 Å². The molecule has 114 valence electrons. The van der Waals surface area contributed by atoms with Crippen molar-refractivity contribution in [2.45, 2.75) is 0 Å². The average molecular weight is 332 g/mol. The maximum atomic E-state index is 12.8. The molecule has 0 atom stereocenters. The van der Waals surface area contributed by atoms with Gasteiger partial charge in [0, 0.05) is 11.8 Å². The molecule has 0 amide bonds. The number of aromatic carboxylic acids is 1. The molecule has 1 heterocycles. The number of carboxylic acid groups (broad SMARTS) is 1. The van der Waals surface area contributed by atoms with Gasteiger partial charge in [0.25, 0.3) is 0 Å². The second-order valence-corrected chi connectivity index (χ2v) is 4.63. The Morgan fingerprint density at radius 1 is 0.958 bits per heavy atom. The van der Waals surface area contributed by atoms with Crippen molar-refractivity contribution in [1.29, 1.82) is 0 Å². The normalized spacial score (nSPS) is 9.88. The summed E-state index contributed by atoms with van der Waals surface area (Å²) in [6.07, 6.45) is 1.36. The van der Waals surface area contributed by atoms with E-state index in [9.17, 15) is 14.3 Å². The first-order valence-electron chi connectivity index (χ1n) is 6.70. The van der Waals surface area contributed by atoms with Gasteiger partial charge >= 0.3 is 29.6 Å². The van der Waals surface area contributed by atoms with Gasteiger partial charge in [-0.2, -0.15) is 0 Å². The predicted molar refractivity (Wildman–Crippen MR) is 78.3 cm³/mol. The van der Waals surface area contributed by atoms with Gasteiger partial charge < -0.3 is 14.6 Å². The van der Waals surface area contributed by atoms with E-state index in [0.717, 1.165) is 0 Å². The number of rotatable bonds is 4. The largest absolute Gasteiger partial charge is 1.00 e. The van der Waals surface area contributed by atoms with Crippen LogP contribution < -0.4 is 39.4 Å². The summed E-state index contributed by atoms with van der Waals surface area (Å²) in [5.74, 6) is -1.05. The smallest absolute Gasteiger partial charge is 0.542 e. The van der Waals surface area contributed by atoms with E-state index in [1.54, 1.807) is 30.3 Å². The van der Waals surface area contributed by atoms with Crippen molar-refractivity contribution in [3.05, 3.63) is 72.4 Å². The van der Waals surface area contributed by atoms with E-state index in [-0.39, 0.29) is 41.2 Å². The molecule has 0 aliphatic rings. The number of hydrogen-bond donors (Lipinski definition) is 0.